The lowest BCUT2D eigenvalue weighted by atomic mass is 10.2. The second-order valence-corrected chi connectivity index (χ2v) is 6.58. The zero-order valence-corrected chi connectivity index (χ0v) is 13.2. The molecule has 2 aromatic rings. The highest BCUT2D eigenvalue weighted by Crippen LogP contribution is 2.36. The van der Waals surface area contributed by atoms with Gasteiger partial charge in [0.2, 0.25) is 0 Å². The molecule has 2 fully saturated rings. The normalized spacial score (nSPS) is 23.7. The van der Waals surface area contributed by atoms with E-state index in [4.69, 9.17) is 11.6 Å². The van der Waals surface area contributed by atoms with Gasteiger partial charge in [-0.05, 0) is 36.2 Å². The van der Waals surface area contributed by atoms with Crippen LogP contribution in [0.15, 0.2) is 36.5 Å². The first-order valence-electron chi connectivity index (χ1n) is 7.67. The average Bonchev–Trinajstić information content (AvgIpc) is 3.10. The van der Waals surface area contributed by atoms with E-state index in [1.54, 1.807) is 18.3 Å². The van der Waals surface area contributed by atoms with E-state index in [1.807, 2.05) is 0 Å². The monoisotopic (exact) mass is 335 g/mol. The van der Waals surface area contributed by atoms with E-state index in [9.17, 15) is 8.78 Å². The van der Waals surface area contributed by atoms with Crippen LogP contribution >= 0.6 is 11.6 Å². The summed E-state index contributed by atoms with van der Waals surface area (Å²) < 4.78 is 27.1. The van der Waals surface area contributed by atoms with Crippen molar-refractivity contribution in [2.24, 2.45) is 0 Å². The maximum absolute atomic E-state index is 13.9. The number of hydrogen-bond donors (Lipinski definition) is 0. The Kier molecular flexibility index (Phi) is 3.70. The molecule has 0 aliphatic carbocycles. The highest BCUT2D eigenvalue weighted by Gasteiger charge is 2.44. The first-order chi connectivity index (χ1) is 11.1. The van der Waals surface area contributed by atoms with Crippen molar-refractivity contribution in [1.82, 2.24) is 9.88 Å². The number of aromatic nitrogens is 1. The molecule has 2 saturated heterocycles. The summed E-state index contributed by atoms with van der Waals surface area (Å²) in [7, 11) is 0. The van der Waals surface area contributed by atoms with Crippen LogP contribution in [0, 0.1) is 11.6 Å². The van der Waals surface area contributed by atoms with E-state index in [0.29, 0.717) is 23.4 Å². The molecule has 2 aliphatic heterocycles. The quantitative estimate of drug-likeness (QED) is 0.856. The SMILES string of the molecule is Fc1ccc(CN2CC3CC2CN3c2ncccc2F)c(Cl)c1. The molecule has 0 radical (unpaired) electrons. The van der Waals surface area contributed by atoms with E-state index < -0.39 is 0 Å². The van der Waals surface area contributed by atoms with Crippen molar-refractivity contribution in [3.8, 4) is 0 Å². The fourth-order valence-electron chi connectivity index (χ4n) is 3.66. The Bertz CT molecular complexity index is 740. The number of pyridine rings is 1. The molecule has 1 aromatic heterocycles. The lowest BCUT2D eigenvalue weighted by Gasteiger charge is -2.35. The molecule has 1 aromatic carbocycles. The molecule has 2 atom stereocenters. The second kappa shape index (κ2) is 5.73. The Morgan fingerprint density at radius 2 is 2.04 bits per heavy atom. The topological polar surface area (TPSA) is 19.4 Å². The van der Waals surface area contributed by atoms with Crippen LogP contribution < -0.4 is 4.90 Å². The molecule has 120 valence electrons. The number of fused-ring (bicyclic) bond motifs is 2. The standard InChI is InChI=1S/C17H16ClF2N3/c18-15-6-12(19)4-3-11(15)8-22-9-14-7-13(22)10-23(14)17-16(20)2-1-5-21-17/h1-6,13-14H,7-10H2. The minimum atomic E-state index is -0.321. The molecule has 2 aliphatic rings. The van der Waals surface area contributed by atoms with E-state index in [-0.39, 0.29) is 17.7 Å². The van der Waals surface area contributed by atoms with E-state index in [1.165, 1.54) is 18.2 Å². The summed E-state index contributed by atoms with van der Waals surface area (Å²) in [6, 6.07) is 8.19. The first-order valence-corrected chi connectivity index (χ1v) is 8.05. The third-order valence-electron chi connectivity index (χ3n) is 4.75. The summed E-state index contributed by atoms with van der Waals surface area (Å²) in [5, 5.41) is 0.459. The molecule has 2 unspecified atom stereocenters. The van der Waals surface area contributed by atoms with Crippen LogP contribution in [0.1, 0.15) is 12.0 Å². The second-order valence-electron chi connectivity index (χ2n) is 6.17. The highest BCUT2D eigenvalue weighted by atomic mass is 35.5. The van der Waals surface area contributed by atoms with Crippen LogP contribution in [-0.4, -0.2) is 35.1 Å². The largest absolute Gasteiger partial charge is 0.348 e. The number of nitrogens with zero attached hydrogens (tertiary/aromatic N) is 3. The van der Waals surface area contributed by atoms with Crippen molar-refractivity contribution in [1.29, 1.82) is 0 Å². The number of rotatable bonds is 3. The van der Waals surface area contributed by atoms with Crippen molar-refractivity contribution in [3.63, 3.8) is 0 Å². The van der Waals surface area contributed by atoms with E-state index in [2.05, 4.69) is 14.8 Å². The van der Waals surface area contributed by atoms with Gasteiger partial charge in [0.05, 0.1) is 0 Å². The van der Waals surface area contributed by atoms with Gasteiger partial charge in [0.25, 0.3) is 0 Å². The Labute approximate surface area is 138 Å². The van der Waals surface area contributed by atoms with Crippen molar-refractivity contribution in [2.45, 2.75) is 25.0 Å². The van der Waals surface area contributed by atoms with Crippen molar-refractivity contribution < 1.29 is 8.78 Å². The molecule has 6 heteroatoms. The van der Waals surface area contributed by atoms with Crippen molar-refractivity contribution in [2.75, 3.05) is 18.0 Å². The summed E-state index contributed by atoms with van der Waals surface area (Å²) in [4.78, 5) is 8.57. The van der Waals surface area contributed by atoms with Crippen LogP contribution in [0.4, 0.5) is 14.6 Å². The predicted molar refractivity (Wildman–Crippen MR) is 85.6 cm³/mol. The van der Waals surface area contributed by atoms with Gasteiger partial charge < -0.3 is 4.90 Å². The van der Waals surface area contributed by atoms with Gasteiger partial charge in [0.1, 0.15) is 5.82 Å². The number of halogens is 3. The Hall–Kier alpha value is -1.72. The van der Waals surface area contributed by atoms with Crippen molar-refractivity contribution in [3.05, 3.63) is 58.7 Å². The summed E-state index contributed by atoms with van der Waals surface area (Å²) in [5.41, 5.74) is 0.927. The predicted octanol–water partition coefficient (Wildman–Crippen LogP) is 3.48. The molecule has 4 rings (SSSR count). The van der Waals surface area contributed by atoms with Gasteiger partial charge in [0.15, 0.2) is 11.6 Å². The number of anilines is 1. The number of likely N-dealkylation sites (tertiary alicyclic amines) is 1. The minimum Gasteiger partial charge on any atom is -0.348 e. The van der Waals surface area contributed by atoms with Crippen LogP contribution in [0.3, 0.4) is 0 Å². The van der Waals surface area contributed by atoms with Crippen LogP contribution in [0.25, 0.3) is 0 Å². The fraction of sp³-hybridized carbons (Fsp3) is 0.353. The van der Waals surface area contributed by atoms with Crippen LogP contribution in [-0.2, 0) is 6.54 Å². The molecule has 23 heavy (non-hydrogen) atoms. The minimum absolute atomic E-state index is 0.267. The van der Waals surface area contributed by atoms with E-state index in [0.717, 1.165) is 25.1 Å². The number of hydrogen-bond acceptors (Lipinski definition) is 3. The number of benzene rings is 1. The molecule has 0 spiro atoms. The maximum Gasteiger partial charge on any atom is 0.165 e. The Morgan fingerprint density at radius 3 is 2.74 bits per heavy atom. The smallest absolute Gasteiger partial charge is 0.165 e. The molecule has 0 amide bonds. The Morgan fingerprint density at radius 1 is 1.17 bits per heavy atom. The van der Waals surface area contributed by atoms with Crippen LogP contribution in [0.2, 0.25) is 5.02 Å². The van der Waals surface area contributed by atoms with Gasteiger partial charge in [0, 0.05) is 42.9 Å². The van der Waals surface area contributed by atoms with Gasteiger partial charge in [-0.25, -0.2) is 13.8 Å². The molecule has 0 saturated carbocycles. The third kappa shape index (κ3) is 2.68. The summed E-state index contributed by atoms with van der Waals surface area (Å²) in [6.45, 7) is 2.30. The summed E-state index contributed by atoms with van der Waals surface area (Å²) in [5.74, 6) is -0.147. The molecule has 3 heterocycles. The van der Waals surface area contributed by atoms with Gasteiger partial charge in [-0.1, -0.05) is 17.7 Å². The van der Waals surface area contributed by atoms with Gasteiger partial charge >= 0.3 is 0 Å². The van der Waals surface area contributed by atoms with Gasteiger partial charge in [-0.15, -0.1) is 0 Å². The zero-order valence-electron chi connectivity index (χ0n) is 12.4. The fourth-order valence-corrected chi connectivity index (χ4v) is 3.89. The molecule has 2 bridgehead atoms. The first kappa shape index (κ1) is 14.8. The summed E-state index contributed by atoms with van der Waals surface area (Å²) >= 11 is 6.12. The van der Waals surface area contributed by atoms with E-state index >= 15 is 0 Å². The maximum atomic E-state index is 13.9. The molecule has 0 N–H and O–H groups in total. The Balaban J connectivity index is 1.48. The third-order valence-corrected chi connectivity index (χ3v) is 5.11. The summed E-state index contributed by atoms with van der Waals surface area (Å²) in [6.07, 6.45) is 2.62. The molecule has 3 nitrogen and oxygen atoms in total. The van der Waals surface area contributed by atoms with Crippen LogP contribution in [0.5, 0.6) is 0 Å². The average molecular weight is 336 g/mol. The number of piperazine rings is 1. The van der Waals surface area contributed by atoms with Gasteiger partial charge in [-0.2, -0.15) is 0 Å². The zero-order chi connectivity index (χ0) is 16.0. The lowest BCUT2D eigenvalue weighted by Crippen LogP contribution is -2.46. The van der Waals surface area contributed by atoms with Gasteiger partial charge in [-0.3, -0.25) is 4.90 Å². The lowest BCUT2D eigenvalue weighted by molar-refractivity contribution is 0.229. The molecular formula is C17H16ClF2N3. The molecular weight excluding hydrogens is 320 g/mol. The highest BCUT2D eigenvalue weighted by molar-refractivity contribution is 6.31. The van der Waals surface area contributed by atoms with Crippen molar-refractivity contribution >= 4 is 17.4 Å².